The molecule has 0 fully saturated rings. The molecule has 71 heavy (non-hydrogen) atoms. The van der Waals surface area contributed by atoms with Gasteiger partial charge in [0.2, 0.25) is 0 Å². The predicted octanol–water partition coefficient (Wildman–Crippen LogP) is 10.9. The van der Waals surface area contributed by atoms with Crippen LogP contribution in [-0.4, -0.2) is 78.3 Å². The van der Waals surface area contributed by atoms with Gasteiger partial charge in [-0.25, -0.2) is 13.2 Å². The normalized spacial score (nSPS) is 16.2. The summed E-state index contributed by atoms with van der Waals surface area (Å²) in [5.74, 6) is -0.293. The molecule has 2 unspecified atom stereocenters. The highest BCUT2D eigenvalue weighted by Gasteiger charge is 2.54. The molecule has 0 amide bonds. The Kier molecular flexibility index (Phi) is 20.2. The van der Waals surface area contributed by atoms with E-state index in [1.54, 1.807) is 63.6 Å². The van der Waals surface area contributed by atoms with Crippen LogP contribution >= 0.6 is 0 Å². The largest absolute Gasteiger partial charge is 0.497 e. The molecule has 0 spiro atoms. The summed E-state index contributed by atoms with van der Waals surface area (Å²) in [4.78, 5) is 14.1. The summed E-state index contributed by atoms with van der Waals surface area (Å²) >= 11 is 0. The van der Waals surface area contributed by atoms with Gasteiger partial charge in [-0.05, 0) is 114 Å². The minimum Gasteiger partial charge on any atom is -0.497 e. The second kappa shape index (κ2) is 25.4. The van der Waals surface area contributed by atoms with Gasteiger partial charge in [-0.2, -0.15) is 0 Å². The van der Waals surface area contributed by atoms with Crippen molar-refractivity contribution in [1.29, 1.82) is 0 Å². The number of benzene rings is 5. The van der Waals surface area contributed by atoms with E-state index in [4.69, 9.17) is 28.1 Å². The molecular weight excluding hydrogens is 929 g/mol. The first-order valence-electron chi connectivity index (χ1n) is 24.5. The Labute approximate surface area is 425 Å². The van der Waals surface area contributed by atoms with Gasteiger partial charge in [0.1, 0.15) is 17.6 Å². The fraction of sp³-hybridized carbons (Fsp3) is 0.407. The lowest BCUT2D eigenvalue weighted by Crippen LogP contribution is -2.68. The van der Waals surface area contributed by atoms with E-state index >= 15 is 8.42 Å². The zero-order valence-corrected chi connectivity index (χ0v) is 45.6. The Morgan fingerprint density at radius 1 is 0.690 bits per heavy atom. The van der Waals surface area contributed by atoms with Crippen molar-refractivity contribution < 1.29 is 46.4 Å². The lowest BCUT2D eigenvalue weighted by molar-refractivity contribution is -0.191. The van der Waals surface area contributed by atoms with Crippen molar-refractivity contribution >= 4 is 34.5 Å². The number of aliphatic hydroxyl groups is 1. The minimum absolute atomic E-state index is 0.00279. The van der Waals surface area contributed by atoms with E-state index in [2.05, 4.69) is 95.3 Å². The maximum absolute atomic E-state index is 15.1. The molecule has 0 aliphatic rings. The van der Waals surface area contributed by atoms with Gasteiger partial charge in [-0.1, -0.05) is 157 Å². The molecule has 0 aliphatic carbocycles. The number of hydrogen-bond acceptors (Lipinski definition) is 10. The SMILES string of the molecule is C/C=C(\C)[C@H](O[Si](c1ccccc1)(c1ccccc1)C(C)(C)C)[C@@H](C)/C=C(\C)[C@@H](OCc1ccc(OC)cc1)[C@@H](C)CC(C(O)[C@](CC)(OCc1ccc(OC)cc1)C(=O)OC)S(=O)(=O)c1ccccc1. The van der Waals surface area contributed by atoms with E-state index in [1.165, 1.54) is 29.6 Å². The van der Waals surface area contributed by atoms with Gasteiger partial charge in [-0.15, -0.1) is 0 Å². The second-order valence-corrected chi connectivity index (χ2v) is 25.9. The van der Waals surface area contributed by atoms with Crippen LogP contribution in [0.15, 0.2) is 168 Å². The van der Waals surface area contributed by atoms with Crippen LogP contribution in [0, 0.1) is 11.8 Å². The Balaban J connectivity index is 1.63. The molecule has 1 N–H and O–H groups in total. The molecule has 5 aromatic carbocycles. The standard InChI is InChI=1S/C59H76O10SSi/c1-13-42(3)55(69-71(58(7,8)9,51-26-20-16-21-27-51)52-28-22-17-23-29-52)44(5)38-43(4)54(67-40-46-30-34-48(64-10)35-31-46)45(6)39-53(70(62,63)50-24-18-15-19-25-50)56(60)59(14-2,57(61)66-12)68-41-47-32-36-49(65-11)37-33-47/h13,15-38,44-45,53-56,60H,14,39-41H2,1-12H3/b42-13+,43-38+/t44-,45-,53?,54+,55-,56?,59-/m0/s1. The van der Waals surface area contributed by atoms with Gasteiger partial charge >= 0.3 is 5.97 Å². The van der Waals surface area contributed by atoms with Crippen LogP contribution < -0.4 is 19.8 Å². The Hall–Kier alpha value is -5.34. The highest BCUT2D eigenvalue weighted by molar-refractivity contribution is 7.92. The summed E-state index contributed by atoms with van der Waals surface area (Å²) in [6, 6.07) is 43.9. The quantitative estimate of drug-likeness (QED) is 0.0343. The van der Waals surface area contributed by atoms with Crippen molar-refractivity contribution in [3.8, 4) is 11.5 Å². The summed E-state index contributed by atoms with van der Waals surface area (Å²) in [7, 11) is -3.01. The number of esters is 1. The van der Waals surface area contributed by atoms with Gasteiger partial charge in [0.05, 0.1) is 56.9 Å². The summed E-state index contributed by atoms with van der Waals surface area (Å²) in [5.41, 5.74) is 1.42. The first kappa shape index (κ1) is 56.6. The van der Waals surface area contributed by atoms with E-state index in [0.29, 0.717) is 17.1 Å². The number of carbonyl (C=O) groups excluding carboxylic acids is 1. The average Bonchev–Trinajstić information content (AvgIpc) is 3.38. The average molecular weight is 1010 g/mol. The molecule has 10 nitrogen and oxygen atoms in total. The highest BCUT2D eigenvalue weighted by Crippen LogP contribution is 2.41. The Morgan fingerprint density at radius 3 is 1.61 bits per heavy atom. The molecule has 5 rings (SSSR count). The fourth-order valence-electron chi connectivity index (χ4n) is 9.74. The van der Waals surface area contributed by atoms with Crippen LogP contribution in [0.1, 0.15) is 86.3 Å². The zero-order valence-electron chi connectivity index (χ0n) is 43.8. The van der Waals surface area contributed by atoms with Gasteiger partial charge in [0.15, 0.2) is 15.4 Å². The molecule has 0 bridgehead atoms. The van der Waals surface area contributed by atoms with Crippen molar-refractivity contribution in [2.24, 2.45) is 11.8 Å². The van der Waals surface area contributed by atoms with E-state index in [9.17, 15) is 9.90 Å². The Morgan fingerprint density at radius 2 is 1.17 bits per heavy atom. The summed E-state index contributed by atoms with van der Waals surface area (Å²) < 4.78 is 67.5. The third-order valence-electron chi connectivity index (χ3n) is 13.8. The van der Waals surface area contributed by atoms with Crippen LogP contribution in [0.5, 0.6) is 11.5 Å². The van der Waals surface area contributed by atoms with E-state index in [-0.39, 0.29) is 48.0 Å². The van der Waals surface area contributed by atoms with Crippen LogP contribution in [0.4, 0.5) is 0 Å². The molecule has 0 saturated heterocycles. The number of hydrogen-bond donors (Lipinski definition) is 1. The van der Waals surface area contributed by atoms with Crippen molar-refractivity contribution in [3.05, 3.63) is 174 Å². The second-order valence-electron chi connectivity index (χ2n) is 19.5. The van der Waals surface area contributed by atoms with Gasteiger partial charge in [0, 0.05) is 5.92 Å². The highest BCUT2D eigenvalue weighted by atomic mass is 32.2. The minimum atomic E-state index is -4.36. The number of rotatable bonds is 25. The molecule has 0 aromatic heterocycles. The van der Waals surface area contributed by atoms with E-state index < -0.39 is 53.1 Å². The number of sulfone groups is 1. The molecule has 382 valence electrons. The fourth-order valence-corrected chi connectivity index (χ4v) is 16.5. The summed E-state index contributed by atoms with van der Waals surface area (Å²) in [6.45, 7) is 18.8. The third-order valence-corrected chi connectivity index (χ3v) is 21.0. The number of allylic oxidation sites excluding steroid dienone is 1. The van der Waals surface area contributed by atoms with Crippen LogP contribution in [0.3, 0.4) is 0 Å². The summed E-state index contributed by atoms with van der Waals surface area (Å²) in [6.07, 6.45) is 1.18. The van der Waals surface area contributed by atoms with Crippen molar-refractivity contribution in [1.82, 2.24) is 0 Å². The smallest absolute Gasteiger partial charge is 0.340 e. The zero-order chi connectivity index (χ0) is 52.0. The lowest BCUT2D eigenvalue weighted by atomic mass is 9.84. The van der Waals surface area contributed by atoms with Crippen LogP contribution in [0.25, 0.3) is 0 Å². The summed E-state index contributed by atoms with van der Waals surface area (Å²) in [5, 5.41) is 13.3. The van der Waals surface area contributed by atoms with Gasteiger partial charge in [0.25, 0.3) is 8.32 Å². The molecule has 0 aliphatic heterocycles. The topological polar surface area (TPSA) is 127 Å². The van der Waals surface area contributed by atoms with Crippen molar-refractivity contribution in [2.45, 2.75) is 127 Å². The lowest BCUT2D eigenvalue weighted by Gasteiger charge is -2.46. The first-order valence-corrected chi connectivity index (χ1v) is 28.0. The maximum atomic E-state index is 15.1. The molecule has 12 heteroatoms. The maximum Gasteiger partial charge on any atom is 0.340 e. The van der Waals surface area contributed by atoms with Crippen LogP contribution in [0.2, 0.25) is 5.04 Å². The van der Waals surface area contributed by atoms with Crippen molar-refractivity contribution in [3.63, 3.8) is 0 Å². The van der Waals surface area contributed by atoms with Gasteiger partial charge in [-0.3, -0.25) is 0 Å². The molecule has 5 aromatic rings. The monoisotopic (exact) mass is 1000 g/mol. The molecule has 0 radical (unpaired) electrons. The molecule has 0 heterocycles. The molecule has 7 atom stereocenters. The number of aliphatic hydroxyl groups excluding tert-OH is 1. The predicted molar refractivity (Wildman–Crippen MR) is 286 cm³/mol. The number of carbonyl (C=O) groups is 1. The molecular formula is C59H76O10SSi. The third kappa shape index (κ3) is 13.2. The van der Waals surface area contributed by atoms with E-state index in [0.717, 1.165) is 16.7 Å². The molecule has 0 saturated carbocycles. The Bertz CT molecular complexity index is 2560. The van der Waals surface area contributed by atoms with Gasteiger partial charge < -0.3 is 33.2 Å². The number of ether oxygens (including phenoxy) is 5. The van der Waals surface area contributed by atoms with E-state index in [1.807, 2.05) is 57.2 Å². The van der Waals surface area contributed by atoms with Crippen LogP contribution in [-0.2, 0) is 46.5 Å². The van der Waals surface area contributed by atoms with Crippen molar-refractivity contribution in [2.75, 3.05) is 21.3 Å². The first-order chi connectivity index (χ1) is 33.8. The number of methoxy groups -OCH3 is 3.